The van der Waals surface area contributed by atoms with Crippen molar-refractivity contribution in [3.8, 4) is 0 Å². The van der Waals surface area contributed by atoms with Gasteiger partial charge in [-0.3, -0.25) is 4.79 Å². The molecule has 0 spiro atoms. The Morgan fingerprint density at radius 3 is 2.50 bits per heavy atom. The first-order chi connectivity index (χ1) is 10.8. The lowest BCUT2D eigenvalue weighted by Crippen LogP contribution is -2.27. The van der Waals surface area contributed by atoms with Gasteiger partial charge in [0.25, 0.3) is 0 Å². The molecule has 0 radical (unpaired) electrons. The van der Waals surface area contributed by atoms with Gasteiger partial charge in [0.2, 0.25) is 5.91 Å². The van der Waals surface area contributed by atoms with Gasteiger partial charge in [0.1, 0.15) is 0 Å². The third-order valence-corrected chi connectivity index (χ3v) is 3.66. The van der Waals surface area contributed by atoms with Crippen LogP contribution in [-0.2, 0) is 4.79 Å². The number of hydrogen-bond donors (Lipinski definition) is 3. The van der Waals surface area contributed by atoms with Crippen LogP contribution in [0.15, 0.2) is 65.6 Å². The highest BCUT2D eigenvalue weighted by Crippen LogP contribution is 2.21. The van der Waals surface area contributed by atoms with Crippen LogP contribution in [0, 0.1) is 0 Å². The van der Waals surface area contributed by atoms with E-state index in [1.165, 1.54) is 6.08 Å². The molecule has 2 aromatic carbocycles. The van der Waals surface area contributed by atoms with Gasteiger partial charge in [-0.1, -0.05) is 30.3 Å². The first kappa shape index (κ1) is 16.1. The molecule has 0 heterocycles. The van der Waals surface area contributed by atoms with E-state index in [9.17, 15) is 4.79 Å². The van der Waals surface area contributed by atoms with Crippen molar-refractivity contribution in [3.05, 3.63) is 66.2 Å². The molecule has 5 heteroatoms. The minimum Gasteiger partial charge on any atom is -0.351 e. The summed E-state index contributed by atoms with van der Waals surface area (Å²) >= 11 is 1.56. The molecule has 114 valence electrons. The van der Waals surface area contributed by atoms with E-state index in [1.54, 1.807) is 18.0 Å². The molecule has 0 aliphatic rings. The number of benzene rings is 2. The number of hydrogen-bond acceptors (Lipinski definition) is 4. The average Bonchev–Trinajstić information content (AvgIpc) is 2.58. The zero-order valence-corrected chi connectivity index (χ0v) is 13.0. The number of nitrogens with one attached hydrogen (secondary N) is 2. The van der Waals surface area contributed by atoms with Crippen molar-refractivity contribution >= 4 is 29.6 Å². The van der Waals surface area contributed by atoms with Crippen molar-refractivity contribution in [2.75, 3.05) is 17.8 Å². The smallest absolute Gasteiger partial charge is 0.244 e. The Hall–Kier alpha value is -2.24. The molecule has 0 saturated carbocycles. The molecule has 4 nitrogen and oxygen atoms in total. The van der Waals surface area contributed by atoms with Crippen LogP contribution >= 0.6 is 11.9 Å². The van der Waals surface area contributed by atoms with Gasteiger partial charge in [0.05, 0.1) is 0 Å². The predicted octanol–water partition coefficient (Wildman–Crippen LogP) is 2.89. The number of carbonyl (C=O) groups is 1. The largest absolute Gasteiger partial charge is 0.351 e. The van der Waals surface area contributed by atoms with Crippen molar-refractivity contribution in [2.24, 2.45) is 5.73 Å². The summed E-state index contributed by atoms with van der Waals surface area (Å²) in [4.78, 5) is 12.6. The van der Waals surface area contributed by atoms with Gasteiger partial charge < -0.3 is 15.8 Å². The monoisotopic (exact) mass is 313 g/mol. The molecule has 22 heavy (non-hydrogen) atoms. The summed E-state index contributed by atoms with van der Waals surface area (Å²) in [5, 5.41) is 2.69. The summed E-state index contributed by atoms with van der Waals surface area (Å²) in [7, 11) is 0. The second-order valence-electron chi connectivity index (χ2n) is 4.55. The number of nitrogens with two attached hydrogens (primary N) is 1. The number of anilines is 1. The van der Waals surface area contributed by atoms with Crippen LogP contribution in [0.4, 0.5) is 5.69 Å². The van der Waals surface area contributed by atoms with Crippen LogP contribution in [0.25, 0.3) is 6.08 Å². The predicted molar refractivity (Wildman–Crippen MR) is 93.5 cm³/mol. The second-order valence-corrected chi connectivity index (χ2v) is 5.43. The first-order valence-corrected chi connectivity index (χ1v) is 7.83. The van der Waals surface area contributed by atoms with Gasteiger partial charge in [0, 0.05) is 29.7 Å². The summed E-state index contributed by atoms with van der Waals surface area (Å²) in [6.07, 6.45) is 3.29. The zero-order valence-electron chi connectivity index (χ0n) is 12.2. The Labute approximate surface area is 134 Å². The van der Waals surface area contributed by atoms with Crippen LogP contribution in [0.3, 0.4) is 0 Å². The Bertz CT molecular complexity index is 612. The summed E-state index contributed by atoms with van der Waals surface area (Å²) < 4.78 is 3.28. The lowest BCUT2D eigenvalue weighted by Gasteiger charge is -2.05. The third-order valence-electron chi connectivity index (χ3n) is 2.81. The van der Waals surface area contributed by atoms with E-state index in [2.05, 4.69) is 22.2 Å². The van der Waals surface area contributed by atoms with E-state index in [-0.39, 0.29) is 5.91 Å². The van der Waals surface area contributed by atoms with Gasteiger partial charge in [0.15, 0.2) is 0 Å². The van der Waals surface area contributed by atoms with Crippen LogP contribution < -0.4 is 15.8 Å². The molecule has 2 rings (SSSR count). The molecule has 1 amide bonds. The van der Waals surface area contributed by atoms with Crippen molar-refractivity contribution in [3.63, 3.8) is 0 Å². The third kappa shape index (κ3) is 5.63. The Morgan fingerprint density at radius 1 is 1.09 bits per heavy atom. The fourth-order valence-electron chi connectivity index (χ4n) is 1.69. The van der Waals surface area contributed by atoms with Gasteiger partial charge in [-0.2, -0.15) is 0 Å². The van der Waals surface area contributed by atoms with Crippen LogP contribution in [-0.4, -0.2) is 19.0 Å². The second kappa shape index (κ2) is 8.92. The van der Waals surface area contributed by atoms with Crippen LogP contribution in [0.1, 0.15) is 5.56 Å². The summed E-state index contributed by atoms with van der Waals surface area (Å²) in [6.45, 7) is 0.932. The van der Waals surface area contributed by atoms with Crippen molar-refractivity contribution in [2.45, 2.75) is 4.90 Å². The lowest BCUT2D eigenvalue weighted by molar-refractivity contribution is -0.116. The van der Waals surface area contributed by atoms with E-state index in [0.29, 0.717) is 13.1 Å². The molecular formula is C17H19N3OS. The summed E-state index contributed by atoms with van der Waals surface area (Å²) in [5.74, 6) is -0.132. The van der Waals surface area contributed by atoms with Gasteiger partial charge in [-0.25, -0.2) is 0 Å². The van der Waals surface area contributed by atoms with E-state index in [4.69, 9.17) is 5.73 Å². The topological polar surface area (TPSA) is 67.1 Å². The molecule has 4 N–H and O–H groups in total. The van der Waals surface area contributed by atoms with Gasteiger partial charge >= 0.3 is 0 Å². The number of carbonyl (C=O) groups excluding carboxylic acids is 1. The SMILES string of the molecule is NCCNC(=O)/C=C/c1ccc(NSc2ccccc2)cc1. The fraction of sp³-hybridized carbons (Fsp3) is 0.118. The van der Waals surface area contributed by atoms with Crippen LogP contribution in [0.5, 0.6) is 0 Å². The first-order valence-electron chi connectivity index (χ1n) is 7.02. The van der Waals surface area contributed by atoms with Gasteiger partial charge in [-0.15, -0.1) is 0 Å². The molecule has 0 aliphatic carbocycles. The summed E-state index contributed by atoms with van der Waals surface area (Å²) in [5.41, 5.74) is 7.31. The highest BCUT2D eigenvalue weighted by molar-refractivity contribution is 8.00. The molecular weight excluding hydrogens is 294 g/mol. The van der Waals surface area contributed by atoms with Gasteiger partial charge in [-0.05, 0) is 47.9 Å². The zero-order chi connectivity index (χ0) is 15.6. The number of rotatable bonds is 7. The van der Waals surface area contributed by atoms with Crippen molar-refractivity contribution in [1.82, 2.24) is 5.32 Å². The lowest BCUT2D eigenvalue weighted by atomic mass is 10.2. The Balaban J connectivity index is 1.85. The highest BCUT2D eigenvalue weighted by Gasteiger charge is 1.96. The molecule has 0 saturated heterocycles. The van der Waals surface area contributed by atoms with Crippen molar-refractivity contribution in [1.29, 1.82) is 0 Å². The fourth-order valence-corrected chi connectivity index (χ4v) is 2.36. The maximum Gasteiger partial charge on any atom is 0.244 e. The van der Waals surface area contributed by atoms with E-state index in [0.717, 1.165) is 16.1 Å². The normalized spacial score (nSPS) is 10.6. The minimum atomic E-state index is -0.132. The molecule has 0 fully saturated rings. The molecule has 0 aromatic heterocycles. The summed E-state index contributed by atoms with van der Waals surface area (Å²) in [6, 6.07) is 18.0. The Kier molecular flexibility index (Phi) is 6.54. The van der Waals surface area contributed by atoms with Crippen LogP contribution in [0.2, 0.25) is 0 Å². The molecule has 0 atom stereocenters. The molecule has 0 bridgehead atoms. The highest BCUT2D eigenvalue weighted by atomic mass is 32.2. The molecule has 2 aromatic rings. The van der Waals surface area contributed by atoms with Crippen molar-refractivity contribution < 1.29 is 4.79 Å². The standard InChI is InChI=1S/C17H19N3OS/c18-12-13-19-17(21)11-8-14-6-9-15(10-7-14)20-22-16-4-2-1-3-5-16/h1-11,20H,12-13,18H2,(H,19,21)/b11-8+. The Morgan fingerprint density at radius 2 is 1.82 bits per heavy atom. The number of amides is 1. The maximum atomic E-state index is 11.4. The van der Waals surface area contributed by atoms with E-state index >= 15 is 0 Å². The van der Waals surface area contributed by atoms with E-state index in [1.807, 2.05) is 42.5 Å². The minimum absolute atomic E-state index is 0.132. The quantitative estimate of drug-likeness (QED) is 0.543. The molecule has 0 unspecified atom stereocenters. The maximum absolute atomic E-state index is 11.4. The van der Waals surface area contributed by atoms with E-state index < -0.39 is 0 Å². The average molecular weight is 313 g/mol. The molecule has 0 aliphatic heterocycles.